The van der Waals surface area contributed by atoms with Gasteiger partial charge in [0.2, 0.25) is 0 Å². The van der Waals surface area contributed by atoms with Gasteiger partial charge >= 0.3 is 0 Å². The number of ether oxygens (including phenoxy) is 1. The molecule has 0 bridgehead atoms. The average molecular weight is 572 g/mol. The van der Waals surface area contributed by atoms with Gasteiger partial charge in [-0.25, -0.2) is 14.4 Å². The van der Waals surface area contributed by atoms with Gasteiger partial charge in [-0.1, -0.05) is 6.07 Å². The highest BCUT2D eigenvalue weighted by Gasteiger charge is 2.33. The number of methoxy groups -OCH3 is 1. The summed E-state index contributed by atoms with van der Waals surface area (Å²) in [5, 5.41) is 15.4. The maximum absolute atomic E-state index is 13.8. The Kier molecular flexibility index (Phi) is 7.40. The highest BCUT2D eigenvalue weighted by Crippen LogP contribution is 2.34. The molecule has 1 aliphatic heterocycles. The summed E-state index contributed by atoms with van der Waals surface area (Å²) in [7, 11) is 5.61. The van der Waals surface area contributed by atoms with Gasteiger partial charge in [0, 0.05) is 56.2 Å². The third-order valence-electron chi connectivity index (χ3n) is 7.81. The van der Waals surface area contributed by atoms with Gasteiger partial charge in [-0.15, -0.1) is 0 Å². The van der Waals surface area contributed by atoms with Crippen LogP contribution in [0.25, 0.3) is 27.7 Å². The van der Waals surface area contributed by atoms with Gasteiger partial charge in [-0.2, -0.15) is 0 Å². The van der Waals surface area contributed by atoms with Crippen molar-refractivity contribution < 1.29 is 14.2 Å². The van der Waals surface area contributed by atoms with E-state index in [1.165, 1.54) is 12.1 Å². The number of nitrogens with one attached hydrogen (secondary N) is 2. The Morgan fingerprint density at radius 1 is 1.17 bits per heavy atom. The van der Waals surface area contributed by atoms with Crippen molar-refractivity contribution >= 4 is 33.6 Å². The van der Waals surface area contributed by atoms with E-state index in [0.717, 1.165) is 28.0 Å². The maximum Gasteiger partial charge on any atom is 0.257 e. The zero-order valence-corrected chi connectivity index (χ0v) is 23.9. The van der Waals surface area contributed by atoms with Crippen molar-refractivity contribution in [2.75, 3.05) is 51.1 Å². The third kappa shape index (κ3) is 5.34. The summed E-state index contributed by atoms with van der Waals surface area (Å²) in [4.78, 5) is 29.6. The summed E-state index contributed by atoms with van der Waals surface area (Å²) < 4.78 is 20.8. The average Bonchev–Trinajstić information content (AvgIpc) is 3.36. The largest absolute Gasteiger partial charge is 0.387 e. The molecule has 0 atom stereocenters. The second-order valence-electron chi connectivity index (χ2n) is 11.1. The van der Waals surface area contributed by atoms with Gasteiger partial charge in [0.05, 0.1) is 46.6 Å². The van der Waals surface area contributed by atoms with Crippen LogP contribution in [-0.4, -0.2) is 75.9 Å². The van der Waals surface area contributed by atoms with Crippen LogP contribution in [0.4, 0.5) is 21.6 Å². The lowest BCUT2D eigenvalue weighted by atomic mass is 9.92. The van der Waals surface area contributed by atoms with Crippen molar-refractivity contribution in [1.82, 2.24) is 24.3 Å². The summed E-state index contributed by atoms with van der Waals surface area (Å²) in [6.07, 6.45) is 6.17. The van der Waals surface area contributed by atoms with Crippen molar-refractivity contribution in [3.63, 3.8) is 0 Å². The molecule has 10 nitrogen and oxygen atoms in total. The number of pyridine rings is 3. The number of piperidine rings is 1. The molecular formula is C31H34FN7O3. The molecule has 42 heavy (non-hydrogen) atoms. The highest BCUT2D eigenvalue weighted by molar-refractivity contribution is 6.03. The number of benzene rings is 1. The van der Waals surface area contributed by atoms with Gasteiger partial charge in [-0.3, -0.25) is 9.20 Å². The van der Waals surface area contributed by atoms with Gasteiger partial charge in [-0.05, 0) is 57.3 Å². The third-order valence-corrected chi connectivity index (χ3v) is 7.81. The predicted molar refractivity (Wildman–Crippen MR) is 162 cm³/mol. The molecule has 1 aromatic carbocycles. The molecule has 0 saturated carbocycles. The molecule has 6 rings (SSSR count). The number of hydrogen-bond acceptors (Lipinski definition) is 8. The summed E-state index contributed by atoms with van der Waals surface area (Å²) in [6.45, 7) is 2.35. The Morgan fingerprint density at radius 3 is 2.74 bits per heavy atom. The lowest BCUT2D eigenvalue weighted by Gasteiger charge is -2.39. The van der Waals surface area contributed by atoms with E-state index in [9.17, 15) is 14.3 Å². The fourth-order valence-corrected chi connectivity index (χ4v) is 5.77. The number of rotatable bonds is 8. The van der Waals surface area contributed by atoms with Crippen molar-refractivity contribution in [3.05, 3.63) is 82.9 Å². The molecule has 0 unspecified atom stereocenters. The quantitative estimate of drug-likeness (QED) is 0.255. The van der Waals surface area contributed by atoms with Crippen molar-refractivity contribution in [3.8, 4) is 11.3 Å². The first-order chi connectivity index (χ1) is 20.2. The zero-order valence-electron chi connectivity index (χ0n) is 23.9. The Hall–Kier alpha value is -4.32. The zero-order chi connectivity index (χ0) is 29.4. The monoisotopic (exact) mass is 571 g/mol. The Labute approximate surface area is 242 Å². The fraction of sp³-hybridized carbons (Fsp3) is 0.323. The number of H-pyrrole nitrogens is 1. The fourth-order valence-electron chi connectivity index (χ4n) is 5.77. The van der Waals surface area contributed by atoms with Crippen molar-refractivity contribution in [2.45, 2.75) is 25.0 Å². The number of hydrogen-bond donors (Lipinski definition) is 3. The normalized spacial score (nSPS) is 15.1. The van der Waals surface area contributed by atoms with Gasteiger partial charge in [0.1, 0.15) is 17.3 Å². The van der Waals surface area contributed by atoms with Gasteiger partial charge < -0.3 is 29.9 Å². The number of halogens is 1. The second kappa shape index (κ2) is 11.2. The first-order valence-corrected chi connectivity index (χ1v) is 13.9. The van der Waals surface area contributed by atoms with Crippen LogP contribution in [0.15, 0.2) is 65.8 Å². The van der Waals surface area contributed by atoms with E-state index in [1.807, 2.05) is 44.4 Å². The minimum absolute atomic E-state index is 0.237. The smallest absolute Gasteiger partial charge is 0.257 e. The Bertz CT molecular complexity index is 1810. The number of nitrogens with zero attached hydrogens (tertiary/aromatic N) is 5. The van der Waals surface area contributed by atoms with Crippen LogP contribution in [-0.2, 0) is 11.3 Å². The Balaban J connectivity index is 1.35. The van der Waals surface area contributed by atoms with Crippen molar-refractivity contribution in [2.24, 2.45) is 0 Å². The minimum Gasteiger partial charge on any atom is -0.387 e. The van der Waals surface area contributed by atoms with Crippen LogP contribution in [0, 0.1) is 5.82 Å². The van der Waals surface area contributed by atoms with E-state index in [4.69, 9.17) is 9.72 Å². The first-order valence-electron chi connectivity index (χ1n) is 13.9. The molecule has 4 aromatic heterocycles. The van der Waals surface area contributed by atoms with Crippen LogP contribution < -0.4 is 15.8 Å². The lowest BCUT2D eigenvalue weighted by molar-refractivity contribution is -0.0472. The molecule has 0 aliphatic carbocycles. The lowest BCUT2D eigenvalue weighted by Crippen LogP contribution is -2.47. The SMILES string of the molecule is COCC1(O)CCN(c2ccc(Nc3ccc(-c4cnc5cc(F)ccn45)c4cc[nH]c(=O)c34)nc2CN(C)C)CC1. The maximum atomic E-state index is 13.8. The highest BCUT2D eigenvalue weighted by atomic mass is 19.1. The number of aliphatic hydroxyl groups is 1. The molecule has 0 amide bonds. The summed E-state index contributed by atoms with van der Waals surface area (Å²) in [5.74, 6) is 0.256. The van der Waals surface area contributed by atoms with E-state index < -0.39 is 5.60 Å². The predicted octanol–water partition coefficient (Wildman–Crippen LogP) is 4.16. The molecule has 11 heteroatoms. The molecule has 0 spiro atoms. The molecule has 3 N–H and O–H groups in total. The van der Waals surface area contributed by atoms with E-state index >= 15 is 0 Å². The number of imidazole rings is 1. The number of aromatic amines is 1. The van der Waals surface area contributed by atoms with Gasteiger partial charge in [0.25, 0.3) is 5.56 Å². The first kappa shape index (κ1) is 27.8. The summed E-state index contributed by atoms with van der Waals surface area (Å²) >= 11 is 0. The van der Waals surface area contributed by atoms with E-state index in [-0.39, 0.29) is 11.4 Å². The van der Waals surface area contributed by atoms with Crippen molar-refractivity contribution in [1.29, 1.82) is 0 Å². The topological polar surface area (TPSA) is 111 Å². The van der Waals surface area contributed by atoms with E-state index in [1.54, 1.807) is 30.1 Å². The van der Waals surface area contributed by atoms with E-state index in [0.29, 0.717) is 61.6 Å². The minimum atomic E-state index is -0.804. The standard InChI is InChI=1S/C31H34FN7O3/c1-37(2)18-24-25(38-14-10-31(41,11-15-38)19-42-3)6-7-27(36-24)35-23-5-4-21(22-8-12-33-30(40)29(22)23)26-17-34-28-16-20(32)9-13-39(26)28/h4-9,12-13,16-17,41H,10-11,14-15,18-19H2,1-3H3,(H,33,40)(H,35,36). The summed E-state index contributed by atoms with van der Waals surface area (Å²) in [5.41, 5.74) is 3.54. The van der Waals surface area contributed by atoms with Crippen LogP contribution >= 0.6 is 0 Å². The molecule has 5 heterocycles. The van der Waals surface area contributed by atoms with Crippen LogP contribution in [0.5, 0.6) is 0 Å². The van der Waals surface area contributed by atoms with Crippen LogP contribution in [0.1, 0.15) is 18.5 Å². The van der Waals surface area contributed by atoms with Gasteiger partial charge in [0.15, 0.2) is 0 Å². The number of fused-ring (bicyclic) bond motifs is 2. The molecular weight excluding hydrogens is 537 g/mol. The summed E-state index contributed by atoms with van der Waals surface area (Å²) in [6, 6.07) is 12.4. The second-order valence-corrected chi connectivity index (χ2v) is 11.1. The van der Waals surface area contributed by atoms with Crippen LogP contribution in [0.3, 0.4) is 0 Å². The Morgan fingerprint density at radius 2 is 1.98 bits per heavy atom. The van der Waals surface area contributed by atoms with E-state index in [2.05, 4.69) is 25.1 Å². The van der Waals surface area contributed by atoms with Crippen LogP contribution in [0.2, 0.25) is 0 Å². The molecule has 0 radical (unpaired) electrons. The molecule has 1 aliphatic rings. The number of aromatic nitrogens is 4. The number of anilines is 3. The molecule has 5 aromatic rings. The molecule has 1 fully saturated rings. The molecule has 1 saturated heterocycles. The molecule has 218 valence electrons.